The largest absolute Gasteiger partial charge is 0.391 e. The van der Waals surface area contributed by atoms with Gasteiger partial charge in [-0.25, -0.2) is 0 Å². The normalized spacial score (nSPS) is 11.0. The molecule has 0 heterocycles. The van der Waals surface area contributed by atoms with Crippen molar-refractivity contribution in [3.05, 3.63) is 23.9 Å². The quantitative estimate of drug-likeness (QED) is 0.504. The van der Waals surface area contributed by atoms with Crippen LogP contribution >= 0.6 is 0 Å². The molecule has 0 fully saturated rings. The first-order chi connectivity index (χ1) is 6.31. The van der Waals surface area contributed by atoms with E-state index in [0.29, 0.717) is 0 Å². The van der Waals surface area contributed by atoms with E-state index in [1.54, 1.807) is 0 Å². The van der Waals surface area contributed by atoms with Crippen molar-refractivity contribution in [1.82, 2.24) is 5.32 Å². The van der Waals surface area contributed by atoms with Crippen LogP contribution in [0, 0.1) is 0 Å². The van der Waals surface area contributed by atoms with Gasteiger partial charge in [0.05, 0.1) is 0 Å². The lowest BCUT2D eigenvalue weighted by atomic mass is 10.2. The van der Waals surface area contributed by atoms with Gasteiger partial charge in [-0.1, -0.05) is 38.5 Å². The smallest absolute Gasteiger partial charge is 0.0178 e. The fourth-order valence-electron chi connectivity index (χ4n) is 0.921. The molecule has 0 saturated heterocycles. The topological polar surface area (TPSA) is 12.0 Å². The minimum absolute atomic E-state index is 1.05. The Bertz CT molecular complexity index is 134. The van der Waals surface area contributed by atoms with Crippen LogP contribution in [0.15, 0.2) is 23.9 Å². The Morgan fingerprint density at radius 1 is 1.31 bits per heavy atom. The highest BCUT2D eigenvalue weighted by Crippen LogP contribution is 1.99. The molecule has 0 aromatic carbocycles. The van der Waals surface area contributed by atoms with Crippen LogP contribution in [0.3, 0.4) is 0 Å². The standard InChI is InChI=1S/C10H19N.C2H6/c1-4-6-10(3)7-9-11-8-5-2;1-2/h5-6,8,11H,4,7,9H2,1-3H3;1-2H3/b8-5+,10-6+;. The van der Waals surface area contributed by atoms with E-state index in [-0.39, 0.29) is 0 Å². The van der Waals surface area contributed by atoms with Crippen molar-refractivity contribution < 1.29 is 0 Å². The fourth-order valence-corrected chi connectivity index (χ4v) is 0.921. The third-order valence-corrected chi connectivity index (χ3v) is 1.50. The van der Waals surface area contributed by atoms with E-state index in [2.05, 4.69) is 25.2 Å². The van der Waals surface area contributed by atoms with Crippen molar-refractivity contribution in [2.45, 2.75) is 47.5 Å². The zero-order chi connectivity index (χ0) is 10.5. The molecular formula is C12H25N. The van der Waals surface area contributed by atoms with Gasteiger partial charge in [0.15, 0.2) is 0 Å². The Kier molecular flexibility index (Phi) is 15.7. The zero-order valence-corrected chi connectivity index (χ0v) is 9.85. The molecule has 0 rings (SSSR count). The maximum absolute atomic E-state index is 3.20. The summed E-state index contributed by atoms with van der Waals surface area (Å²) in [6.45, 7) is 11.4. The van der Waals surface area contributed by atoms with Gasteiger partial charge in [0.2, 0.25) is 0 Å². The van der Waals surface area contributed by atoms with Gasteiger partial charge in [-0.2, -0.15) is 0 Å². The maximum atomic E-state index is 3.20. The minimum atomic E-state index is 1.05. The van der Waals surface area contributed by atoms with Crippen LogP contribution < -0.4 is 5.32 Å². The summed E-state index contributed by atoms with van der Waals surface area (Å²) in [6, 6.07) is 0. The summed E-state index contributed by atoms with van der Waals surface area (Å²) in [4.78, 5) is 0. The minimum Gasteiger partial charge on any atom is -0.391 e. The van der Waals surface area contributed by atoms with Crippen LogP contribution in [0.4, 0.5) is 0 Å². The summed E-state index contributed by atoms with van der Waals surface area (Å²) in [6.07, 6.45) is 8.57. The van der Waals surface area contributed by atoms with Crippen molar-refractivity contribution in [2.75, 3.05) is 6.54 Å². The van der Waals surface area contributed by atoms with Gasteiger partial charge in [0.25, 0.3) is 0 Å². The van der Waals surface area contributed by atoms with Crippen LogP contribution in [-0.4, -0.2) is 6.54 Å². The summed E-state index contributed by atoms with van der Waals surface area (Å²) in [5, 5.41) is 3.20. The van der Waals surface area contributed by atoms with E-state index < -0.39 is 0 Å². The summed E-state index contributed by atoms with van der Waals surface area (Å²) in [7, 11) is 0. The first kappa shape index (κ1) is 14.8. The van der Waals surface area contributed by atoms with E-state index in [1.807, 2.05) is 33.0 Å². The Hall–Kier alpha value is -0.720. The third-order valence-electron chi connectivity index (χ3n) is 1.50. The van der Waals surface area contributed by atoms with Crippen molar-refractivity contribution in [2.24, 2.45) is 0 Å². The zero-order valence-electron chi connectivity index (χ0n) is 9.85. The van der Waals surface area contributed by atoms with Gasteiger partial charge in [0.1, 0.15) is 0 Å². The predicted octanol–water partition coefficient (Wildman–Crippen LogP) is 3.88. The molecule has 0 amide bonds. The Morgan fingerprint density at radius 3 is 2.38 bits per heavy atom. The number of hydrogen-bond acceptors (Lipinski definition) is 1. The number of hydrogen-bond donors (Lipinski definition) is 1. The SMILES string of the molecule is C/C=C/NCC/C(C)=C/CC.CC. The third kappa shape index (κ3) is 14.2. The molecule has 78 valence electrons. The lowest BCUT2D eigenvalue weighted by molar-refractivity contribution is 0.819. The van der Waals surface area contributed by atoms with Crippen LogP contribution in [0.5, 0.6) is 0 Å². The molecule has 1 N–H and O–H groups in total. The Morgan fingerprint density at radius 2 is 1.92 bits per heavy atom. The molecule has 0 aromatic heterocycles. The average molecular weight is 183 g/mol. The summed E-state index contributed by atoms with van der Waals surface area (Å²) in [5.74, 6) is 0. The fraction of sp³-hybridized carbons (Fsp3) is 0.667. The molecule has 0 atom stereocenters. The summed E-state index contributed by atoms with van der Waals surface area (Å²) in [5.41, 5.74) is 1.48. The number of nitrogens with one attached hydrogen (secondary N) is 1. The predicted molar refractivity (Wildman–Crippen MR) is 62.8 cm³/mol. The first-order valence-electron chi connectivity index (χ1n) is 5.31. The van der Waals surface area contributed by atoms with Crippen molar-refractivity contribution in [3.8, 4) is 0 Å². The average Bonchev–Trinajstić information content (AvgIpc) is 2.16. The highest BCUT2D eigenvalue weighted by Gasteiger charge is 1.85. The second kappa shape index (κ2) is 13.8. The van der Waals surface area contributed by atoms with Crippen LogP contribution in [0.2, 0.25) is 0 Å². The van der Waals surface area contributed by atoms with Gasteiger partial charge >= 0.3 is 0 Å². The molecule has 0 aliphatic heterocycles. The van der Waals surface area contributed by atoms with Gasteiger partial charge in [-0.05, 0) is 32.9 Å². The molecule has 1 nitrogen and oxygen atoms in total. The van der Waals surface area contributed by atoms with Crippen molar-refractivity contribution in [3.63, 3.8) is 0 Å². The van der Waals surface area contributed by atoms with E-state index >= 15 is 0 Å². The lowest BCUT2D eigenvalue weighted by Gasteiger charge is -2.00. The van der Waals surface area contributed by atoms with Crippen molar-refractivity contribution in [1.29, 1.82) is 0 Å². The van der Waals surface area contributed by atoms with Gasteiger partial charge < -0.3 is 5.32 Å². The molecule has 0 bridgehead atoms. The molecule has 0 spiro atoms. The van der Waals surface area contributed by atoms with Crippen LogP contribution in [0.25, 0.3) is 0 Å². The van der Waals surface area contributed by atoms with E-state index in [1.165, 1.54) is 5.57 Å². The number of rotatable bonds is 5. The van der Waals surface area contributed by atoms with Crippen LogP contribution in [0.1, 0.15) is 47.5 Å². The second-order valence-electron chi connectivity index (χ2n) is 2.66. The van der Waals surface area contributed by atoms with E-state index in [4.69, 9.17) is 0 Å². The van der Waals surface area contributed by atoms with Crippen LogP contribution in [-0.2, 0) is 0 Å². The molecular weight excluding hydrogens is 158 g/mol. The lowest BCUT2D eigenvalue weighted by Crippen LogP contribution is -2.06. The molecule has 0 unspecified atom stereocenters. The van der Waals surface area contributed by atoms with Gasteiger partial charge in [-0.15, -0.1) is 0 Å². The molecule has 0 saturated carbocycles. The highest BCUT2D eigenvalue weighted by molar-refractivity contribution is 4.97. The van der Waals surface area contributed by atoms with Crippen molar-refractivity contribution >= 4 is 0 Å². The van der Waals surface area contributed by atoms with E-state index in [9.17, 15) is 0 Å². The number of allylic oxidation sites excluding steroid dienone is 2. The highest BCUT2D eigenvalue weighted by atomic mass is 14.8. The molecule has 0 aromatic rings. The first-order valence-corrected chi connectivity index (χ1v) is 5.31. The molecule has 0 aliphatic carbocycles. The molecule has 1 heteroatoms. The maximum Gasteiger partial charge on any atom is 0.0178 e. The second-order valence-corrected chi connectivity index (χ2v) is 2.66. The van der Waals surface area contributed by atoms with Gasteiger partial charge in [0, 0.05) is 6.54 Å². The Balaban J connectivity index is 0. The van der Waals surface area contributed by atoms with E-state index in [0.717, 1.165) is 19.4 Å². The summed E-state index contributed by atoms with van der Waals surface area (Å²) < 4.78 is 0. The molecule has 0 radical (unpaired) electrons. The monoisotopic (exact) mass is 183 g/mol. The van der Waals surface area contributed by atoms with Gasteiger partial charge in [-0.3, -0.25) is 0 Å². The Labute approximate surface area is 83.9 Å². The molecule has 0 aliphatic rings. The molecule has 13 heavy (non-hydrogen) atoms. The summed E-state index contributed by atoms with van der Waals surface area (Å²) >= 11 is 0.